The van der Waals surface area contributed by atoms with Crippen LogP contribution < -0.4 is 10.2 Å². The highest BCUT2D eigenvalue weighted by atomic mass is 16.3. The van der Waals surface area contributed by atoms with Gasteiger partial charge in [0.1, 0.15) is 5.82 Å². The molecule has 112 valence electrons. The molecule has 1 aliphatic rings. The maximum atomic E-state index is 9.37. The lowest BCUT2D eigenvalue weighted by Gasteiger charge is -2.35. The normalized spacial score (nSPS) is 16.1. The molecule has 1 aliphatic carbocycles. The van der Waals surface area contributed by atoms with Crippen molar-refractivity contribution in [3.8, 4) is 0 Å². The van der Waals surface area contributed by atoms with Crippen LogP contribution in [0.1, 0.15) is 44.7 Å². The second-order valence-corrected chi connectivity index (χ2v) is 5.43. The number of hydrogen-bond acceptors (Lipinski definition) is 5. The summed E-state index contributed by atoms with van der Waals surface area (Å²) >= 11 is 0. The Labute approximate surface area is 121 Å². The van der Waals surface area contributed by atoms with E-state index in [0.29, 0.717) is 18.5 Å². The third-order valence-electron chi connectivity index (χ3n) is 3.83. The Morgan fingerprint density at radius 3 is 2.70 bits per heavy atom. The molecule has 0 spiro atoms. The third kappa shape index (κ3) is 3.82. The number of nitrogens with one attached hydrogen (secondary N) is 1. The van der Waals surface area contributed by atoms with Gasteiger partial charge >= 0.3 is 0 Å². The van der Waals surface area contributed by atoms with Crippen molar-refractivity contribution in [2.75, 3.05) is 29.9 Å². The van der Waals surface area contributed by atoms with Gasteiger partial charge in [-0.05, 0) is 26.7 Å². The smallest absolute Gasteiger partial charge is 0.224 e. The average Bonchev–Trinajstić information content (AvgIpc) is 2.45. The van der Waals surface area contributed by atoms with E-state index in [-0.39, 0.29) is 6.61 Å². The lowest BCUT2D eigenvalue weighted by atomic mass is 9.94. The number of hydrogen-bond donors (Lipinski definition) is 2. The van der Waals surface area contributed by atoms with Gasteiger partial charge in [0.2, 0.25) is 5.95 Å². The van der Waals surface area contributed by atoms with Gasteiger partial charge in [-0.3, -0.25) is 0 Å². The fraction of sp³-hybridized carbons (Fsp3) is 0.733. The second-order valence-electron chi connectivity index (χ2n) is 5.43. The average molecular weight is 278 g/mol. The number of aromatic nitrogens is 2. The molecular weight excluding hydrogens is 252 g/mol. The second kappa shape index (κ2) is 7.43. The molecule has 0 radical (unpaired) electrons. The number of anilines is 2. The molecule has 5 heteroatoms. The first kappa shape index (κ1) is 15.0. The van der Waals surface area contributed by atoms with E-state index in [1.807, 2.05) is 19.9 Å². The van der Waals surface area contributed by atoms with E-state index in [2.05, 4.69) is 20.2 Å². The molecule has 1 aromatic rings. The van der Waals surface area contributed by atoms with Crippen LogP contribution in [-0.4, -0.2) is 40.8 Å². The van der Waals surface area contributed by atoms with E-state index in [1.165, 1.54) is 32.1 Å². The van der Waals surface area contributed by atoms with Gasteiger partial charge in [-0.1, -0.05) is 19.3 Å². The van der Waals surface area contributed by atoms with E-state index in [9.17, 15) is 5.11 Å². The summed E-state index contributed by atoms with van der Waals surface area (Å²) in [7, 11) is 0. The highest BCUT2D eigenvalue weighted by Crippen LogP contribution is 2.26. The van der Waals surface area contributed by atoms with Gasteiger partial charge < -0.3 is 15.3 Å². The van der Waals surface area contributed by atoms with E-state index in [0.717, 1.165) is 18.1 Å². The van der Waals surface area contributed by atoms with Gasteiger partial charge in [-0.25, -0.2) is 4.98 Å². The van der Waals surface area contributed by atoms with Crippen molar-refractivity contribution in [3.63, 3.8) is 0 Å². The lowest BCUT2D eigenvalue weighted by molar-refractivity contribution is 0.289. The highest BCUT2D eigenvalue weighted by Gasteiger charge is 2.22. The van der Waals surface area contributed by atoms with Crippen LogP contribution in [0.2, 0.25) is 0 Å². The molecule has 0 atom stereocenters. The molecule has 5 nitrogen and oxygen atoms in total. The van der Waals surface area contributed by atoms with Crippen LogP contribution in [0.5, 0.6) is 0 Å². The van der Waals surface area contributed by atoms with Crippen molar-refractivity contribution in [1.29, 1.82) is 0 Å². The summed E-state index contributed by atoms with van der Waals surface area (Å²) in [4.78, 5) is 11.3. The van der Waals surface area contributed by atoms with Crippen LogP contribution >= 0.6 is 0 Å². The summed E-state index contributed by atoms with van der Waals surface area (Å²) in [5.74, 6) is 1.62. The molecule has 2 N–H and O–H groups in total. The Kier molecular flexibility index (Phi) is 5.59. The minimum Gasteiger partial charge on any atom is -0.395 e. The van der Waals surface area contributed by atoms with Crippen molar-refractivity contribution in [2.24, 2.45) is 0 Å². The zero-order valence-electron chi connectivity index (χ0n) is 12.6. The number of aryl methyl sites for hydroxylation is 1. The van der Waals surface area contributed by atoms with Crippen LogP contribution in [-0.2, 0) is 0 Å². The predicted octanol–water partition coefficient (Wildman–Crippen LogP) is 2.35. The molecule has 0 aromatic carbocycles. The molecule has 0 amide bonds. The van der Waals surface area contributed by atoms with Crippen molar-refractivity contribution in [3.05, 3.63) is 11.8 Å². The van der Waals surface area contributed by atoms with E-state index in [1.54, 1.807) is 0 Å². The molecule has 0 unspecified atom stereocenters. The topological polar surface area (TPSA) is 61.3 Å². The molecule has 1 fully saturated rings. The number of aliphatic hydroxyl groups is 1. The van der Waals surface area contributed by atoms with E-state index >= 15 is 0 Å². The molecule has 0 saturated heterocycles. The molecule has 0 bridgehead atoms. The largest absolute Gasteiger partial charge is 0.395 e. The number of rotatable bonds is 6. The predicted molar refractivity (Wildman–Crippen MR) is 82.2 cm³/mol. The van der Waals surface area contributed by atoms with Crippen LogP contribution in [0.25, 0.3) is 0 Å². The Bertz CT molecular complexity index is 418. The Morgan fingerprint density at radius 2 is 2.05 bits per heavy atom. The van der Waals surface area contributed by atoms with Gasteiger partial charge in [0.05, 0.1) is 6.61 Å². The van der Waals surface area contributed by atoms with E-state index in [4.69, 9.17) is 0 Å². The van der Waals surface area contributed by atoms with Gasteiger partial charge in [0.25, 0.3) is 0 Å². The summed E-state index contributed by atoms with van der Waals surface area (Å²) in [5.41, 5.74) is 0.963. The van der Waals surface area contributed by atoms with Crippen molar-refractivity contribution in [2.45, 2.75) is 52.0 Å². The zero-order valence-corrected chi connectivity index (χ0v) is 12.6. The SMILES string of the molecule is CCNc1nc(C)cc(N(CCO)C2CCCCC2)n1. The molecule has 2 rings (SSSR count). The van der Waals surface area contributed by atoms with Crippen LogP contribution in [0.4, 0.5) is 11.8 Å². The molecule has 1 aromatic heterocycles. The molecule has 1 saturated carbocycles. The summed E-state index contributed by atoms with van der Waals surface area (Å²) in [6.07, 6.45) is 6.27. The monoisotopic (exact) mass is 278 g/mol. The van der Waals surface area contributed by atoms with Gasteiger partial charge in [-0.2, -0.15) is 4.98 Å². The molecular formula is C15H26N4O. The first-order valence-corrected chi connectivity index (χ1v) is 7.71. The van der Waals surface area contributed by atoms with Crippen LogP contribution in [0.3, 0.4) is 0 Å². The van der Waals surface area contributed by atoms with Crippen molar-refractivity contribution < 1.29 is 5.11 Å². The molecule has 0 aliphatic heterocycles. The zero-order chi connectivity index (χ0) is 14.4. The molecule has 1 heterocycles. The fourth-order valence-electron chi connectivity index (χ4n) is 2.92. The van der Waals surface area contributed by atoms with Crippen molar-refractivity contribution in [1.82, 2.24) is 9.97 Å². The van der Waals surface area contributed by atoms with Gasteiger partial charge in [-0.15, -0.1) is 0 Å². The van der Waals surface area contributed by atoms with E-state index < -0.39 is 0 Å². The first-order valence-electron chi connectivity index (χ1n) is 7.71. The minimum atomic E-state index is 0.163. The van der Waals surface area contributed by atoms with Crippen molar-refractivity contribution >= 4 is 11.8 Å². The number of aliphatic hydroxyl groups excluding tert-OH is 1. The number of nitrogens with zero attached hydrogens (tertiary/aromatic N) is 3. The summed E-state index contributed by atoms with van der Waals surface area (Å²) in [5, 5.41) is 12.5. The standard InChI is InChI=1S/C15H26N4O/c1-3-16-15-17-12(2)11-14(18-15)19(9-10-20)13-7-5-4-6-8-13/h11,13,20H,3-10H2,1-2H3,(H,16,17,18). The maximum absolute atomic E-state index is 9.37. The maximum Gasteiger partial charge on any atom is 0.224 e. The van der Waals surface area contributed by atoms with Gasteiger partial charge in [0, 0.05) is 30.9 Å². The fourth-order valence-corrected chi connectivity index (χ4v) is 2.92. The third-order valence-corrected chi connectivity index (χ3v) is 3.83. The quantitative estimate of drug-likeness (QED) is 0.836. The Morgan fingerprint density at radius 1 is 1.30 bits per heavy atom. The summed E-state index contributed by atoms with van der Waals surface area (Å²) < 4.78 is 0. The van der Waals surface area contributed by atoms with Gasteiger partial charge in [0.15, 0.2) is 0 Å². The molecule has 20 heavy (non-hydrogen) atoms. The summed E-state index contributed by atoms with van der Waals surface area (Å²) in [6, 6.07) is 2.52. The van der Waals surface area contributed by atoms with Crippen LogP contribution in [0.15, 0.2) is 6.07 Å². The Balaban J connectivity index is 2.22. The lowest BCUT2D eigenvalue weighted by Crippen LogP contribution is -2.39. The Hall–Kier alpha value is -1.36. The summed E-state index contributed by atoms with van der Waals surface area (Å²) in [6.45, 7) is 5.65. The highest BCUT2D eigenvalue weighted by molar-refractivity contribution is 5.45. The first-order chi connectivity index (χ1) is 9.74. The van der Waals surface area contributed by atoms with Crippen LogP contribution in [0, 0.1) is 6.92 Å². The minimum absolute atomic E-state index is 0.163.